The van der Waals surface area contributed by atoms with Gasteiger partial charge in [-0.05, 0) is 61.2 Å². The van der Waals surface area contributed by atoms with Crippen LogP contribution in [0.25, 0.3) is 0 Å². The SMILES string of the molecule is Cc1ccccc1COc1cccnc1NC(=O)COc1cccc(C)c1C. The Labute approximate surface area is 165 Å². The number of carbonyl (C=O) groups is 1. The molecule has 5 heteroatoms. The molecule has 0 atom stereocenters. The molecule has 1 heterocycles. The molecule has 3 aromatic rings. The first-order valence-corrected chi connectivity index (χ1v) is 9.16. The minimum Gasteiger partial charge on any atom is -0.485 e. The van der Waals surface area contributed by atoms with Gasteiger partial charge in [-0.2, -0.15) is 0 Å². The van der Waals surface area contributed by atoms with E-state index in [1.165, 1.54) is 0 Å². The highest BCUT2D eigenvalue weighted by molar-refractivity contribution is 5.92. The van der Waals surface area contributed by atoms with E-state index in [1.807, 2.05) is 63.2 Å². The highest BCUT2D eigenvalue weighted by Crippen LogP contribution is 2.23. The third kappa shape index (κ3) is 4.88. The number of aromatic nitrogens is 1. The summed E-state index contributed by atoms with van der Waals surface area (Å²) in [5.74, 6) is 1.31. The lowest BCUT2D eigenvalue weighted by molar-refractivity contribution is -0.118. The molecule has 0 saturated heterocycles. The number of benzene rings is 2. The number of hydrogen-bond acceptors (Lipinski definition) is 4. The van der Waals surface area contributed by atoms with E-state index in [-0.39, 0.29) is 12.5 Å². The number of nitrogens with zero attached hydrogens (tertiary/aromatic N) is 1. The molecule has 28 heavy (non-hydrogen) atoms. The zero-order valence-corrected chi connectivity index (χ0v) is 16.4. The molecule has 3 rings (SSSR count). The van der Waals surface area contributed by atoms with E-state index in [0.29, 0.717) is 23.9 Å². The van der Waals surface area contributed by atoms with E-state index in [1.54, 1.807) is 18.3 Å². The van der Waals surface area contributed by atoms with Gasteiger partial charge in [0.25, 0.3) is 5.91 Å². The maximum absolute atomic E-state index is 12.3. The molecule has 2 aromatic carbocycles. The lowest BCUT2D eigenvalue weighted by Gasteiger charge is -2.13. The maximum Gasteiger partial charge on any atom is 0.263 e. The van der Waals surface area contributed by atoms with E-state index in [4.69, 9.17) is 9.47 Å². The summed E-state index contributed by atoms with van der Waals surface area (Å²) in [5, 5.41) is 2.77. The van der Waals surface area contributed by atoms with Gasteiger partial charge in [0.2, 0.25) is 0 Å². The second-order valence-corrected chi connectivity index (χ2v) is 6.60. The van der Waals surface area contributed by atoms with Crippen LogP contribution in [-0.2, 0) is 11.4 Å². The third-order valence-corrected chi connectivity index (χ3v) is 4.59. The van der Waals surface area contributed by atoms with Crippen LogP contribution in [0.4, 0.5) is 5.82 Å². The molecule has 5 nitrogen and oxygen atoms in total. The quantitative estimate of drug-likeness (QED) is 0.654. The van der Waals surface area contributed by atoms with E-state index >= 15 is 0 Å². The molecule has 0 aliphatic heterocycles. The lowest BCUT2D eigenvalue weighted by atomic mass is 10.1. The summed E-state index contributed by atoms with van der Waals surface area (Å²) >= 11 is 0. The van der Waals surface area contributed by atoms with Crippen LogP contribution < -0.4 is 14.8 Å². The van der Waals surface area contributed by atoms with E-state index < -0.39 is 0 Å². The van der Waals surface area contributed by atoms with Crippen LogP contribution in [-0.4, -0.2) is 17.5 Å². The van der Waals surface area contributed by atoms with Crippen molar-refractivity contribution >= 4 is 11.7 Å². The Morgan fingerprint density at radius 3 is 2.46 bits per heavy atom. The fraction of sp³-hybridized carbons (Fsp3) is 0.217. The number of carbonyl (C=O) groups excluding carboxylic acids is 1. The van der Waals surface area contributed by atoms with E-state index in [2.05, 4.69) is 10.3 Å². The first-order chi connectivity index (χ1) is 13.5. The van der Waals surface area contributed by atoms with Crippen molar-refractivity contribution in [3.05, 3.63) is 83.0 Å². The molecule has 0 aliphatic carbocycles. The summed E-state index contributed by atoms with van der Waals surface area (Å²) < 4.78 is 11.5. The van der Waals surface area contributed by atoms with Crippen LogP contribution in [0.5, 0.6) is 11.5 Å². The van der Waals surface area contributed by atoms with Crippen molar-refractivity contribution in [3.63, 3.8) is 0 Å². The van der Waals surface area contributed by atoms with Gasteiger partial charge >= 0.3 is 0 Å². The smallest absolute Gasteiger partial charge is 0.263 e. The van der Waals surface area contributed by atoms with Crippen LogP contribution in [0.2, 0.25) is 0 Å². The average Bonchev–Trinajstić information content (AvgIpc) is 2.69. The van der Waals surface area contributed by atoms with Crippen molar-refractivity contribution in [3.8, 4) is 11.5 Å². The van der Waals surface area contributed by atoms with E-state index in [0.717, 1.165) is 22.3 Å². The molecule has 0 saturated carbocycles. The van der Waals surface area contributed by atoms with Gasteiger partial charge in [-0.15, -0.1) is 0 Å². The van der Waals surface area contributed by atoms with Crippen molar-refractivity contribution < 1.29 is 14.3 Å². The number of hydrogen-bond donors (Lipinski definition) is 1. The van der Waals surface area contributed by atoms with Gasteiger partial charge in [-0.1, -0.05) is 36.4 Å². The predicted octanol–water partition coefficient (Wildman–Crippen LogP) is 4.60. The Morgan fingerprint density at radius 1 is 0.893 bits per heavy atom. The number of nitrogens with one attached hydrogen (secondary N) is 1. The average molecular weight is 376 g/mol. The third-order valence-electron chi connectivity index (χ3n) is 4.59. The molecule has 0 unspecified atom stereocenters. The van der Waals surface area contributed by atoms with Gasteiger partial charge in [0.15, 0.2) is 18.2 Å². The lowest BCUT2D eigenvalue weighted by Crippen LogP contribution is -2.21. The summed E-state index contributed by atoms with van der Waals surface area (Å²) in [4.78, 5) is 16.6. The highest BCUT2D eigenvalue weighted by atomic mass is 16.5. The first-order valence-electron chi connectivity index (χ1n) is 9.16. The Morgan fingerprint density at radius 2 is 1.64 bits per heavy atom. The van der Waals surface area contributed by atoms with Crippen molar-refractivity contribution in [2.24, 2.45) is 0 Å². The zero-order chi connectivity index (χ0) is 19.9. The van der Waals surface area contributed by atoms with Gasteiger partial charge in [-0.3, -0.25) is 4.79 Å². The molecule has 0 fully saturated rings. The Kier molecular flexibility index (Phi) is 6.27. The molecule has 1 aromatic heterocycles. The number of ether oxygens (including phenoxy) is 2. The van der Waals surface area contributed by atoms with Crippen molar-refractivity contribution in [2.75, 3.05) is 11.9 Å². The van der Waals surface area contributed by atoms with Crippen LogP contribution in [0.15, 0.2) is 60.8 Å². The van der Waals surface area contributed by atoms with Gasteiger partial charge in [0.05, 0.1) is 0 Å². The monoisotopic (exact) mass is 376 g/mol. The second kappa shape index (κ2) is 9.04. The fourth-order valence-electron chi connectivity index (χ4n) is 2.72. The van der Waals surface area contributed by atoms with Crippen LogP contribution in [0.1, 0.15) is 22.3 Å². The normalized spacial score (nSPS) is 10.4. The van der Waals surface area contributed by atoms with Crippen molar-refractivity contribution in [2.45, 2.75) is 27.4 Å². The Bertz CT molecular complexity index is 970. The summed E-state index contributed by atoms with van der Waals surface area (Å²) in [6.45, 7) is 6.32. The molecular formula is C23H24N2O3. The highest BCUT2D eigenvalue weighted by Gasteiger charge is 2.11. The van der Waals surface area contributed by atoms with Gasteiger partial charge in [0, 0.05) is 6.20 Å². The second-order valence-electron chi connectivity index (χ2n) is 6.60. The summed E-state index contributed by atoms with van der Waals surface area (Å²) in [6, 6.07) is 17.3. The summed E-state index contributed by atoms with van der Waals surface area (Å²) in [7, 11) is 0. The van der Waals surface area contributed by atoms with Gasteiger partial charge in [-0.25, -0.2) is 4.98 Å². The molecule has 1 amide bonds. The minimum absolute atomic E-state index is 0.0991. The molecule has 0 aliphatic rings. The number of rotatable bonds is 7. The first kappa shape index (κ1) is 19.4. The molecule has 0 spiro atoms. The number of amides is 1. The van der Waals surface area contributed by atoms with Gasteiger partial charge in [0.1, 0.15) is 12.4 Å². The van der Waals surface area contributed by atoms with Crippen LogP contribution >= 0.6 is 0 Å². The fourth-order valence-corrected chi connectivity index (χ4v) is 2.72. The number of anilines is 1. The number of pyridine rings is 1. The zero-order valence-electron chi connectivity index (χ0n) is 16.4. The topological polar surface area (TPSA) is 60.5 Å². The molecular weight excluding hydrogens is 352 g/mol. The van der Waals surface area contributed by atoms with Crippen LogP contribution in [0, 0.1) is 20.8 Å². The summed E-state index contributed by atoms with van der Waals surface area (Å²) in [5.41, 5.74) is 4.38. The maximum atomic E-state index is 12.3. The van der Waals surface area contributed by atoms with E-state index in [9.17, 15) is 4.79 Å². The molecule has 144 valence electrons. The Balaban J connectivity index is 1.62. The molecule has 1 N–H and O–H groups in total. The minimum atomic E-state index is -0.291. The van der Waals surface area contributed by atoms with Crippen molar-refractivity contribution in [1.29, 1.82) is 0 Å². The number of aryl methyl sites for hydroxylation is 2. The van der Waals surface area contributed by atoms with Crippen molar-refractivity contribution in [1.82, 2.24) is 4.98 Å². The predicted molar refractivity (Wildman–Crippen MR) is 110 cm³/mol. The van der Waals surface area contributed by atoms with Gasteiger partial charge < -0.3 is 14.8 Å². The summed E-state index contributed by atoms with van der Waals surface area (Å²) in [6.07, 6.45) is 1.61. The molecule has 0 radical (unpaired) electrons. The molecule has 0 bridgehead atoms. The largest absolute Gasteiger partial charge is 0.485 e. The Hall–Kier alpha value is -3.34. The standard InChI is InChI=1S/C23H24N2O3/c1-16-9-6-11-20(18(16)3)28-15-22(26)25-23-21(12-7-13-24-23)27-14-19-10-5-4-8-17(19)2/h4-13H,14-15H2,1-3H3,(H,24,25,26). The van der Waals surface area contributed by atoms with Crippen LogP contribution in [0.3, 0.4) is 0 Å².